The Morgan fingerprint density at radius 1 is 1.09 bits per heavy atom. The predicted octanol–water partition coefficient (Wildman–Crippen LogP) is 3.35. The first-order valence-corrected chi connectivity index (χ1v) is 10.8. The number of rotatable bonds is 4. The number of carbonyl (C=O) groups is 1. The van der Waals surface area contributed by atoms with Gasteiger partial charge in [0.2, 0.25) is 5.43 Å². The number of alkyl halides is 3. The van der Waals surface area contributed by atoms with Crippen LogP contribution >= 0.6 is 0 Å². The highest BCUT2D eigenvalue weighted by Gasteiger charge is 2.30. The third-order valence-electron chi connectivity index (χ3n) is 4.35. The molecular weight excluding hydrogens is 454 g/mol. The topological polar surface area (TPSA) is 98.1 Å². The average molecular weight is 469 g/mol. The maximum absolute atomic E-state index is 14.1. The number of hydrogen-bond acceptors (Lipinski definition) is 5. The smallest absolute Gasteiger partial charge is 0.318 e. The van der Waals surface area contributed by atoms with Crippen LogP contribution < -0.4 is 10.7 Å². The van der Waals surface area contributed by atoms with Gasteiger partial charge in [0.15, 0.2) is 15.5 Å². The molecule has 2 aromatic carbocycles. The van der Waals surface area contributed by atoms with Crippen molar-refractivity contribution < 1.29 is 30.8 Å². The molecule has 32 heavy (non-hydrogen) atoms. The molecule has 0 aliphatic carbocycles. The van der Waals surface area contributed by atoms with Crippen LogP contribution in [0.4, 0.5) is 23.2 Å². The molecule has 0 radical (unpaired) electrons. The van der Waals surface area contributed by atoms with Gasteiger partial charge in [-0.05, 0) is 43.3 Å². The Morgan fingerprint density at radius 2 is 1.78 bits per heavy atom. The minimum Gasteiger partial charge on any atom is -0.318 e. The highest BCUT2D eigenvalue weighted by molar-refractivity contribution is 7.90. The summed E-state index contributed by atoms with van der Waals surface area (Å²) in [6.45, 7) is 1.41. The lowest BCUT2D eigenvalue weighted by atomic mass is 10.2. The lowest BCUT2D eigenvalue weighted by Gasteiger charge is -2.14. The Balaban J connectivity index is 2.04. The van der Waals surface area contributed by atoms with Gasteiger partial charge in [0, 0.05) is 18.0 Å². The number of aromatic nitrogens is 2. The second-order valence-corrected chi connectivity index (χ2v) is 8.84. The largest absolute Gasteiger partial charge is 0.416 e. The molecule has 1 heterocycles. The van der Waals surface area contributed by atoms with E-state index in [0.717, 1.165) is 53.4 Å². The number of nitrogens with one attached hydrogen (secondary N) is 1. The molecule has 0 bridgehead atoms. The number of nitrogens with zero attached hydrogens (tertiary/aromatic N) is 2. The van der Waals surface area contributed by atoms with E-state index in [1.807, 2.05) is 0 Å². The van der Waals surface area contributed by atoms with Gasteiger partial charge in [-0.15, -0.1) is 0 Å². The molecule has 168 valence electrons. The van der Waals surface area contributed by atoms with Gasteiger partial charge in [0.05, 0.1) is 21.8 Å². The first kappa shape index (κ1) is 23.1. The van der Waals surface area contributed by atoms with Crippen molar-refractivity contribution in [2.45, 2.75) is 18.0 Å². The number of benzene rings is 2. The van der Waals surface area contributed by atoms with Crippen molar-refractivity contribution in [1.82, 2.24) is 9.78 Å². The molecule has 1 N–H and O–H groups in total. The number of sulfone groups is 1. The number of aryl methyl sites for hydroxylation is 1. The van der Waals surface area contributed by atoms with E-state index < -0.39 is 50.1 Å². The van der Waals surface area contributed by atoms with E-state index in [2.05, 4.69) is 10.4 Å². The van der Waals surface area contributed by atoms with Crippen LogP contribution in [-0.4, -0.2) is 30.4 Å². The SMILES string of the molecule is Cc1cc(=O)c(C(=O)Nc2cc(S(C)(=O)=O)ccc2F)nn1-c1cccc(C(F)(F)F)c1. The van der Waals surface area contributed by atoms with Crippen molar-refractivity contribution in [1.29, 1.82) is 0 Å². The quantitative estimate of drug-likeness (QED) is 0.467. The molecule has 0 aliphatic heterocycles. The fourth-order valence-electron chi connectivity index (χ4n) is 2.79. The van der Waals surface area contributed by atoms with Crippen molar-refractivity contribution in [3.8, 4) is 5.69 Å². The average Bonchev–Trinajstić information content (AvgIpc) is 2.68. The lowest BCUT2D eigenvalue weighted by molar-refractivity contribution is -0.137. The fraction of sp³-hybridized carbons (Fsp3) is 0.150. The second kappa shape index (κ2) is 8.19. The molecule has 1 amide bonds. The summed E-state index contributed by atoms with van der Waals surface area (Å²) in [4.78, 5) is 24.6. The Kier molecular flexibility index (Phi) is 5.92. The van der Waals surface area contributed by atoms with Crippen molar-refractivity contribution >= 4 is 21.4 Å². The summed E-state index contributed by atoms with van der Waals surface area (Å²) in [6.07, 6.45) is -3.73. The van der Waals surface area contributed by atoms with Crippen LogP contribution in [0.5, 0.6) is 0 Å². The van der Waals surface area contributed by atoms with Gasteiger partial charge in [0.1, 0.15) is 5.82 Å². The standard InChI is InChI=1S/C20H15F4N3O4S/c1-11-8-17(28)18(26-27(11)13-5-3-4-12(9-13)20(22,23)24)19(29)25-16-10-14(32(2,30)31)6-7-15(16)21/h3-10H,1-2H3,(H,25,29). The van der Waals surface area contributed by atoms with Crippen LogP contribution in [0.25, 0.3) is 5.69 Å². The first-order chi connectivity index (χ1) is 14.8. The summed E-state index contributed by atoms with van der Waals surface area (Å²) >= 11 is 0. The highest BCUT2D eigenvalue weighted by atomic mass is 32.2. The van der Waals surface area contributed by atoms with E-state index in [0.29, 0.717) is 0 Å². The Hall–Kier alpha value is -3.54. The molecule has 0 spiro atoms. The summed E-state index contributed by atoms with van der Waals surface area (Å²) < 4.78 is 77.5. The maximum atomic E-state index is 14.1. The van der Waals surface area contributed by atoms with Crippen molar-refractivity contribution in [3.63, 3.8) is 0 Å². The minimum absolute atomic E-state index is 0.0587. The molecule has 3 aromatic rings. The molecule has 0 aliphatic rings. The first-order valence-electron chi connectivity index (χ1n) is 8.87. The summed E-state index contributed by atoms with van der Waals surface area (Å²) in [5, 5.41) is 5.93. The summed E-state index contributed by atoms with van der Waals surface area (Å²) in [7, 11) is -3.71. The zero-order valence-corrected chi connectivity index (χ0v) is 17.4. The van der Waals surface area contributed by atoms with Crippen LogP contribution in [-0.2, 0) is 16.0 Å². The van der Waals surface area contributed by atoms with Gasteiger partial charge in [0.25, 0.3) is 5.91 Å². The van der Waals surface area contributed by atoms with Crippen LogP contribution in [0, 0.1) is 12.7 Å². The van der Waals surface area contributed by atoms with Gasteiger partial charge in [-0.3, -0.25) is 9.59 Å². The molecule has 12 heteroatoms. The second-order valence-electron chi connectivity index (χ2n) is 6.83. The van der Waals surface area contributed by atoms with E-state index in [-0.39, 0.29) is 16.3 Å². The van der Waals surface area contributed by atoms with Gasteiger partial charge in [-0.2, -0.15) is 18.3 Å². The van der Waals surface area contributed by atoms with E-state index >= 15 is 0 Å². The van der Waals surface area contributed by atoms with Gasteiger partial charge in [-0.25, -0.2) is 17.5 Å². The Morgan fingerprint density at radius 3 is 2.41 bits per heavy atom. The van der Waals surface area contributed by atoms with Crippen LogP contribution in [0.1, 0.15) is 21.7 Å². The molecule has 0 fully saturated rings. The van der Waals surface area contributed by atoms with Crippen LogP contribution in [0.15, 0.2) is 58.2 Å². The zero-order chi connectivity index (χ0) is 23.8. The van der Waals surface area contributed by atoms with Crippen molar-refractivity contribution in [2.24, 2.45) is 0 Å². The van der Waals surface area contributed by atoms with E-state index in [1.165, 1.54) is 13.0 Å². The molecule has 7 nitrogen and oxygen atoms in total. The molecule has 0 atom stereocenters. The molecular formula is C20H15F4N3O4S. The van der Waals surface area contributed by atoms with E-state index in [1.54, 1.807) is 0 Å². The van der Waals surface area contributed by atoms with Crippen LogP contribution in [0.3, 0.4) is 0 Å². The number of anilines is 1. The van der Waals surface area contributed by atoms with Crippen LogP contribution in [0.2, 0.25) is 0 Å². The number of amides is 1. The third-order valence-corrected chi connectivity index (χ3v) is 5.47. The van der Waals surface area contributed by atoms with E-state index in [9.17, 15) is 35.6 Å². The summed E-state index contributed by atoms with van der Waals surface area (Å²) in [5.74, 6) is -2.13. The molecule has 0 saturated carbocycles. The zero-order valence-electron chi connectivity index (χ0n) is 16.6. The Bertz CT molecular complexity index is 1380. The third kappa shape index (κ3) is 4.85. The molecule has 1 aromatic heterocycles. The van der Waals surface area contributed by atoms with Crippen molar-refractivity contribution in [2.75, 3.05) is 11.6 Å². The highest BCUT2D eigenvalue weighted by Crippen LogP contribution is 2.30. The number of carbonyl (C=O) groups excluding carboxylic acids is 1. The predicted molar refractivity (Wildman–Crippen MR) is 107 cm³/mol. The summed E-state index contributed by atoms with van der Waals surface area (Å²) in [6, 6.07) is 7.79. The minimum atomic E-state index is -4.62. The Labute approximate surface area is 179 Å². The molecule has 0 saturated heterocycles. The summed E-state index contributed by atoms with van der Waals surface area (Å²) in [5.41, 5.74) is -2.96. The van der Waals surface area contributed by atoms with Gasteiger partial charge in [-0.1, -0.05) is 6.07 Å². The number of hydrogen-bond donors (Lipinski definition) is 1. The maximum Gasteiger partial charge on any atom is 0.416 e. The number of halogens is 4. The lowest BCUT2D eigenvalue weighted by Crippen LogP contribution is -2.27. The van der Waals surface area contributed by atoms with E-state index in [4.69, 9.17) is 0 Å². The normalized spacial score (nSPS) is 11.9. The molecule has 0 unspecified atom stereocenters. The fourth-order valence-corrected chi connectivity index (χ4v) is 3.44. The molecule has 3 rings (SSSR count). The van der Waals surface area contributed by atoms with Crippen molar-refractivity contribution in [3.05, 3.63) is 81.5 Å². The van der Waals surface area contributed by atoms with Gasteiger partial charge < -0.3 is 5.32 Å². The van der Waals surface area contributed by atoms with Gasteiger partial charge >= 0.3 is 6.18 Å². The monoisotopic (exact) mass is 469 g/mol.